The third kappa shape index (κ3) is 6.69. The van der Waals surface area contributed by atoms with Crippen molar-refractivity contribution in [2.75, 3.05) is 6.61 Å². The molecule has 7 nitrogen and oxygen atoms in total. The van der Waals surface area contributed by atoms with E-state index in [0.29, 0.717) is 13.0 Å². The monoisotopic (exact) mass is 410 g/mol. The molecule has 3 N–H and O–H groups in total. The second kappa shape index (κ2) is 9.92. The van der Waals surface area contributed by atoms with Crippen LogP contribution in [-0.2, 0) is 23.9 Å². The summed E-state index contributed by atoms with van der Waals surface area (Å²) in [5.41, 5.74) is 4.93. The maximum absolute atomic E-state index is 13.2. The third-order valence-corrected chi connectivity index (χ3v) is 6.04. The van der Waals surface area contributed by atoms with E-state index < -0.39 is 23.0 Å². The summed E-state index contributed by atoms with van der Waals surface area (Å²) in [6, 6.07) is -0.749. The van der Waals surface area contributed by atoms with Crippen molar-refractivity contribution in [2.45, 2.75) is 103 Å². The molecular formula is C22H38N2O5. The summed E-state index contributed by atoms with van der Waals surface area (Å²) in [5, 5.41) is 3.19. The second-order valence-corrected chi connectivity index (χ2v) is 9.61. The van der Waals surface area contributed by atoms with E-state index in [-0.39, 0.29) is 23.8 Å². The zero-order valence-corrected chi connectivity index (χ0v) is 18.4. The SMILES string of the molecule is CCOC(=O)C1CCC(NC(=O)C2(CC(N)C(=O)OC(C)(C)C)CCCC2)CC1. The Morgan fingerprint density at radius 3 is 2.21 bits per heavy atom. The molecule has 1 unspecified atom stereocenters. The fourth-order valence-corrected chi connectivity index (χ4v) is 4.53. The summed E-state index contributed by atoms with van der Waals surface area (Å²) in [7, 11) is 0. The first kappa shape index (κ1) is 23.6. The van der Waals surface area contributed by atoms with Crippen LogP contribution in [0.15, 0.2) is 0 Å². The molecule has 1 amide bonds. The minimum absolute atomic E-state index is 0.00593. The molecule has 0 bridgehead atoms. The molecule has 2 saturated carbocycles. The highest BCUT2D eigenvalue weighted by Gasteiger charge is 2.44. The van der Waals surface area contributed by atoms with Crippen molar-refractivity contribution < 1.29 is 23.9 Å². The van der Waals surface area contributed by atoms with Crippen molar-refractivity contribution >= 4 is 17.8 Å². The van der Waals surface area contributed by atoms with E-state index in [1.165, 1.54) is 0 Å². The Morgan fingerprint density at radius 2 is 1.69 bits per heavy atom. The Bertz CT molecular complexity index is 585. The van der Waals surface area contributed by atoms with Crippen LogP contribution >= 0.6 is 0 Å². The minimum atomic E-state index is -0.808. The van der Waals surface area contributed by atoms with E-state index in [1.54, 1.807) is 0 Å². The summed E-state index contributed by atoms with van der Waals surface area (Å²) in [5.74, 6) is -0.655. The second-order valence-electron chi connectivity index (χ2n) is 9.61. The van der Waals surface area contributed by atoms with Gasteiger partial charge in [-0.05, 0) is 72.6 Å². The van der Waals surface area contributed by atoms with Crippen LogP contribution in [0.3, 0.4) is 0 Å². The highest BCUT2D eigenvalue weighted by molar-refractivity contribution is 5.85. The molecule has 0 aromatic rings. The van der Waals surface area contributed by atoms with Gasteiger partial charge in [0, 0.05) is 6.04 Å². The molecule has 0 saturated heterocycles. The number of rotatable bonds is 7. The number of nitrogens with one attached hydrogen (secondary N) is 1. The molecule has 29 heavy (non-hydrogen) atoms. The van der Waals surface area contributed by atoms with E-state index in [2.05, 4.69) is 5.32 Å². The molecule has 2 aliphatic rings. The summed E-state index contributed by atoms with van der Waals surface area (Å²) in [4.78, 5) is 37.4. The molecule has 0 heterocycles. The van der Waals surface area contributed by atoms with E-state index >= 15 is 0 Å². The van der Waals surface area contributed by atoms with Crippen LogP contribution in [0.4, 0.5) is 0 Å². The largest absolute Gasteiger partial charge is 0.466 e. The Balaban J connectivity index is 1.92. The van der Waals surface area contributed by atoms with Gasteiger partial charge in [0.2, 0.25) is 5.91 Å². The molecule has 166 valence electrons. The molecule has 2 fully saturated rings. The van der Waals surface area contributed by atoms with Crippen LogP contribution in [-0.4, -0.2) is 42.1 Å². The average Bonchev–Trinajstić information content (AvgIpc) is 3.11. The average molecular weight is 411 g/mol. The molecule has 0 spiro atoms. The molecule has 0 radical (unpaired) electrons. The summed E-state index contributed by atoms with van der Waals surface area (Å²) >= 11 is 0. The number of carbonyl (C=O) groups is 3. The van der Waals surface area contributed by atoms with Crippen LogP contribution < -0.4 is 11.1 Å². The lowest BCUT2D eigenvalue weighted by Gasteiger charge is -2.34. The van der Waals surface area contributed by atoms with Crippen LogP contribution in [0.1, 0.15) is 85.5 Å². The van der Waals surface area contributed by atoms with Crippen LogP contribution in [0.5, 0.6) is 0 Å². The summed E-state index contributed by atoms with van der Waals surface area (Å²) in [6.45, 7) is 7.63. The molecule has 0 aliphatic heterocycles. The van der Waals surface area contributed by atoms with Gasteiger partial charge in [0.25, 0.3) is 0 Å². The molecule has 0 aromatic heterocycles. The zero-order chi connectivity index (χ0) is 21.7. The molecule has 2 rings (SSSR count). The Morgan fingerprint density at radius 1 is 1.10 bits per heavy atom. The predicted octanol–water partition coefficient (Wildman–Crippen LogP) is 2.84. The van der Waals surface area contributed by atoms with Crippen molar-refractivity contribution in [3.63, 3.8) is 0 Å². The molecule has 7 heteroatoms. The molecule has 1 atom stereocenters. The molecule has 0 aromatic carbocycles. The van der Waals surface area contributed by atoms with Gasteiger partial charge >= 0.3 is 11.9 Å². The van der Waals surface area contributed by atoms with Gasteiger partial charge < -0.3 is 20.5 Å². The van der Waals surface area contributed by atoms with Crippen molar-refractivity contribution in [3.8, 4) is 0 Å². The highest BCUT2D eigenvalue weighted by Crippen LogP contribution is 2.42. The maximum atomic E-state index is 13.2. The number of ether oxygens (including phenoxy) is 2. The van der Waals surface area contributed by atoms with Crippen molar-refractivity contribution in [2.24, 2.45) is 17.1 Å². The van der Waals surface area contributed by atoms with Crippen molar-refractivity contribution in [1.82, 2.24) is 5.32 Å². The van der Waals surface area contributed by atoms with Gasteiger partial charge in [-0.3, -0.25) is 14.4 Å². The first-order valence-corrected chi connectivity index (χ1v) is 11.0. The minimum Gasteiger partial charge on any atom is -0.466 e. The fraction of sp³-hybridized carbons (Fsp3) is 0.864. The van der Waals surface area contributed by atoms with E-state index in [1.807, 2.05) is 27.7 Å². The van der Waals surface area contributed by atoms with Crippen LogP contribution in [0.25, 0.3) is 0 Å². The van der Waals surface area contributed by atoms with Gasteiger partial charge in [-0.1, -0.05) is 12.8 Å². The van der Waals surface area contributed by atoms with Crippen molar-refractivity contribution in [1.29, 1.82) is 0 Å². The molecular weight excluding hydrogens is 372 g/mol. The van der Waals surface area contributed by atoms with E-state index in [9.17, 15) is 14.4 Å². The van der Waals surface area contributed by atoms with Crippen LogP contribution in [0.2, 0.25) is 0 Å². The van der Waals surface area contributed by atoms with Gasteiger partial charge in [0.05, 0.1) is 17.9 Å². The topological polar surface area (TPSA) is 108 Å². The van der Waals surface area contributed by atoms with Gasteiger partial charge in [-0.2, -0.15) is 0 Å². The zero-order valence-electron chi connectivity index (χ0n) is 18.4. The normalized spacial score (nSPS) is 25.1. The number of nitrogens with two attached hydrogens (primary N) is 1. The predicted molar refractivity (Wildman–Crippen MR) is 110 cm³/mol. The third-order valence-electron chi connectivity index (χ3n) is 6.04. The van der Waals surface area contributed by atoms with Gasteiger partial charge in [0.1, 0.15) is 11.6 Å². The smallest absolute Gasteiger partial charge is 0.323 e. The quantitative estimate of drug-likeness (QED) is 0.625. The van der Waals surface area contributed by atoms with Gasteiger partial charge in [0.15, 0.2) is 0 Å². The Hall–Kier alpha value is -1.63. The number of esters is 2. The summed E-state index contributed by atoms with van der Waals surface area (Å²) in [6.07, 6.45) is 6.72. The standard InChI is InChI=1S/C22H38N2O5/c1-5-28-18(25)15-8-10-16(11-9-15)24-20(27)22(12-6-7-13-22)14-17(23)19(26)29-21(2,3)4/h15-17H,5-14,23H2,1-4H3,(H,24,27). The van der Waals surface area contributed by atoms with E-state index in [4.69, 9.17) is 15.2 Å². The van der Waals surface area contributed by atoms with Crippen LogP contribution in [0, 0.1) is 11.3 Å². The number of carbonyl (C=O) groups excluding carboxylic acids is 3. The molecule has 2 aliphatic carbocycles. The van der Waals surface area contributed by atoms with E-state index in [0.717, 1.165) is 51.4 Å². The summed E-state index contributed by atoms with van der Waals surface area (Å²) < 4.78 is 10.5. The number of amides is 1. The first-order chi connectivity index (χ1) is 13.6. The lowest BCUT2D eigenvalue weighted by atomic mass is 9.78. The maximum Gasteiger partial charge on any atom is 0.323 e. The number of hydrogen-bond acceptors (Lipinski definition) is 6. The van der Waals surface area contributed by atoms with Gasteiger partial charge in [-0.15, -0.1) is 0 Å². The first-order valence-electron chi connectivity index (χ1n) is 11.0. The fourth-order valence-electron chi connectivity index (χ4n) is 4.53. The lowest BCUT2D eigenvalue weighted by Crippen LogP contribution is -2.49. The number of hydrogen-bond donors (Lipinski definition) is 2. The van der Waals surface area contributed by atoms with Crippen molar-refractivity contribution in [3.05, 3.63) is 0 Å². The Labute approximate surface area is 174 Å². The van der Waals surface area contributed by atoms with Gasteiger partial charge in [-0.25, -0.2) is 0 Å². The lowest BCUT2D eigenvalue weighted by molar-refractivity contribution is -0.157. The Kier molecular flexibility index (Phi) is 8.09. The highest BCUT2D eigenvalue weighted by atomic mass is 16.6.